The quantitative estimate of drug-likeness (QED) is 0.702. The fourth-order valence-corrected chi connectivity index (χ4v) is 2.02. The lowest BCUT2D eigenvalue weighted by atomic mass is 10.1. The molecule has 0 fully saturated rings. The maximum Gasteiger partial charge on any atom is 0.306 e. The molecule has 0 aliphatic rings. The number of benzene rings is 1. The Balaban J connectivity index is 1.87. The van der Waals surface area contributed by atoms with E-state index < -0.39 is 0 Å². The van der Waals surface area contributed by atoms with Gasteiger partial charge in [0.05, 0.1) is 14.2 Å². The monoisotopic (exact) mass is 333 g/mol. The molecule has 1 aromatic heterocycles. The van der Waals surface area contributed by atoms with Crippen molar-refractivity contribution in [1.29, 1.82) is 0 Å². The van der Waals surface area contributed by atoms with E-state index in [0.717, 1.165) is 5.56 Å². The van der Waals surface area contributed by atoms with Crippen LogP contribution in [0, 0.1) is 0 Å². The zero-order valence-corrected chi connectivity index (χ0v) is 13.5. The van der Waals surface area contributed by atoms with E-state index in [1.165, 1.54) is 0 Å². The second-order valence-corrected chi connectivity index (χ2v) is 4.82. The van der Waals surface area contributed by atoms with Crippen molar-refractivity contribution in [2.45, 2.75) is 19.4 Å². The molecular weight excluding hydrogens is 314 g/mol. The summed E-state index contributed by atoms with van der Waals surface area (Å²) in [7, 11) is 3.12. The number of nitrogen functional groups attached to an aromatic ring is 2. The minimum absolute atomic E-state index is 0.0149. The van der Waals surface area contributed by atoms with Crippen molar-refractivity contribution in [2.24, 2.45) is 0 Å². The van der Waals surface area contributed by atoms with Gasteiger partial charge in [0.15, 0.2) is 23.9 Å². The van der Waals surface area contributed by atoms with Crippen molar-refractivity contribution in [3.05, 3.63) is 29.6 Å². The predicted octanol–water partition coefficient (Wildman–Crippen LogP) is 0.729. The van der Waals surface area contributed by atoms with Crippen LogP contribution < -0.4 is 20.9 Å². The van der Waals surface area contributed by atoms with Crippen molar-refractivity contribution in [1.82, 2.24) is 15.0 Å². The van der Waals surface area contributed by atoms with Crippen molar-refractivity contribution >= 4 is 17.9 Å². The zero-order valence-electron chi connectivity index (χ0n) is 13.5. The Bertz CT molecular complexity index is 703. The lowest BCUT2D eigenvalue weighted by Crippen LogP contribution is -2.11. The van der Waals surface area contributed by atoms with Gasteiger partial charge in [-0.05, 0) is 24.1 Å². The number of ether oxygens (including phenoxy) is 3. The van der Waals surface area contributed by atoms with Gasteiger partial charge in [-0.3, -0.25) is 4.79 Å². The molecule has 2 aromatic rings. The topological polar surface area (TPSA) is 135 Å². The van der Waals surface area contributed by atoms with Gasteiger partial charge < -0.3 is 25.7 Å². The fraction of sp³-hybridized carbons (Fsp3) is 0.333. The number of hydrogen-bond acceptors (Lipinski definition) is 9. The maximum atomic E-state index is 11.8. The van der Waals surface area contributed by atoms with Gasteiger partial charge in [0, 0.05) is 6.42 Å². The van der Waals surface area contributed by atoms with E-state index in [0.29, 0.717) is 17.9 Å². The van der Waals surface area contributed by atoms with Gasteiger partial charge in [0.2, 0.25) is 11.9 Å². The Morgan fingerprint density at radius 2 is 1.71 bits per heavy atom. The zero-order chi connectivity index (χ0) is 17.5. The number of anilines is 2. The second kappa shape index (κ2) is 7.95. The lowest BCUT2D eigenvalue weighted by Gasteiger charge is -2.09. The maximum absolute atomic E-state index is 11.8. The normalized spacial score (nSPS) is 10.2. The molecule has 4 N–H and O–H groups in total. The molecule has 128 valence electrons. The molecule has 9 nitrogen and oxygen atoms in total. The first kappa shape index (κ1) is 17.3. The van der Waals surface area contributed by atoms with Gasteiger partial charge in [-0.15, -0.1) is 0 Å². The van der Waals surface area contributed by atoms with Gasteiger partial charge >= 0.3 is 5.97 Å². The van der Waals surface area contributed by atoms with E-state index in [1.807, 2.05) is 12.1 Å². The first-order valence-corrected chi connectivity index (χ1v) is 7.14. The van der Waals surface area contributed by atoms with Gasteiger partial charge in [0.25, 0.3) is 0 Å². The van der Waals surface area contributed by atoms with E-state index in [1.54, 1.807) is 20.3 Å². The van der Waals surface area contributed by atoms with Crippen molar-refractivity contribution < 1.29 is 19.0 Å². The molecule has 0 aliphatic heterocycles. The smallest absolute Gasteiger partial charge is 0.306 e. The Kier molecular flexibility index (Phi) is 5.72. The number of carbonyl (C=O) groups is 1. The molecule has 0 aliphatic carbocycles. The molecule has 24 heavy (non-hydrogen) atoms. The average molecular weight is 333 g/mol. The highest BCUT2D eigenvalue weighted by Crippen LogP contribution is 2.27. The number of aromatic nitrogens is 3. The van der Waals surface area contributed by atoms with E-state index in [9.17, 15) is 4.79 Å². The van der Waals surface area contributed by atoms with Crippen LogP contribution in [0.15, 0.2) is 18.2 Å². The van der Waals surface area contributed by atoms with Crippen LogP contribution in [0.5, 0.6) is 11.5 Å². The highest BCUT2D eigenvalue weighted by Gasteiger charge is 2.09. The summed E-state index contributed by atoms with van der Waals surface area (Å²) in [6.45, 7) is -0.109. The van der Waals surface area contributed by atoms with E-state index in [2.05, 4.69) is 15.0 Å². The molecule has 0 radical (unpaired) electrons. The summed E-state index contributed by atoms with van der Waals surface area (Å²) >= 11 is 0. The summed E-state index contributed by atoms with van der Waals surface area (Å²) in [6, 6.07) is 5.47. The highest BCUT2D eigenvalue weighted by molar-refractivity contribution is 5.69. The molecule has 2 rings (SSSR count). The number of nitrogens with two attached hydrogens (primary N) is 2. The molecule has 9 heteroatoms. The number of methoxy groups -OCH3 is 2. The lowest BCUT2D eigenvalue weighted by molar-refractivity contribution is -0.145. The van der Waals surface area contributed by atoms with Gasteiger partial charge in [0.1, 0.15) is 0 Å². The molecule has 0 saturated carbocycles. The van der Waals surface area contributed by atoms with Gasteiger partial charge in [-0.25, -0.2) is 0 Å². The molecule has 0 atom stereocenters. The van der Waals surface area contributed by atoms with E-state index in [-0.39, 0.29) is 36.7 Å². The summed E-state index contributed by atoms with van der Waals surface area (Å²) in [6.07, 6.45) is 0.701. The number of carbonyl (C=O) groups excluding carboxylic acids is 1. The number of esters is 1. The molecule has 0 saturated heterocycles. The van der Waals surface area contributed by atoms with Crippen molar-refractivity contribution in [2.75, 3.05) is 25.7 Å². The molecule has 0 amide bonds. The second-order valence-electron chi connectivity index (χ2n) is 4.82. The number of aryl methyl sites for hydroxylation is 1. The Morgan fingerprint density at radius 3 is 2.33 bits per heavy atom. The van der Waals surface area contributed by atoms with Crippen LogP contribution in [0.2, 0.25) is 0 Å². The summed E-state index contributed by atoms with van der Waals surface area (Å²) in [5, 5.41) is 0. The molecule has 1 aromatic carbocycles. The molecule has 1 heterocycles. The van der Waals surface area contributed by atoms with Crippen LogP contribution in [0.1, 0.15) is 17.8 Å². The third-order valence-electron chi connectivity index (χ3n) is 3.14. The van der Waals surface area contributed by atoms with E-state index in [4.69, 9.17) is 25.7 Å². The average Bonchev–Trinajstić information content (AvgIpc) is 2.57. The first-order valence-electron chi connectivity index (χ1n) is 7.14. The summed E-state index contributed by atoms with van der Waals surface area (Å²) in [5.41, 5.74) is 11.8. The third kappa shape index (κ3) is 4.70. The van der Waals surface area contributed by atoms with Crippen molar-refractivity contribution in [3.8, 4) is 11.5 Å². The number of hydrogen-bond donors (Lipinski definition) is 2. The minimum atomic E-state index is -0.387. The first-order chi connectivity index (χ1) is 11.5. The standard InChI is InChI=1S/C15H19N5O4/c1-22-10-5-3-9(7-11(10)23-2)4-6-13(21)24-8-12-18-14(16)20-15(17)19-12/h3,5,7H,4,6,8H2,1-2H3,(H4,16,17,18,19,20). The third-order valence-corrected chi connectivity index (χ3v) is 3.14. The van der Waals surface area contributed by atoms with Crippen LogP contribution in [0.25, 0.3) is 0 Å². The SMILES string of the molecule is COc1ccc(CCC(=O)OCc2nc(N)nc(N)n2)cc1OC. The van der Waals surface area contributed by atoms with Crippen LogP contribution in [-0.4, -0.2) is 35.1 Å². The van der Waals surface area contributed by atoms with Crippen LogP contribution in [0.4, 0.5) is 11.9 Å². The summed E-state index contributed by atoms with van der Waals surface area (Å²) < 4.78 is 15.5. The number of rotatable bonds is 7. The Hall–Kier alpha value is -3.10. The largest absolute Gasteiger partial charge is 0.493 e. The fourth-order valence-electron chi connectivity index (χ4n) is 2.02. The predicted molar refractivity (Wildman–Crippen MR) is 86.3 cm³/mol. The van der Waals surface area contributed by atoms with E-state index >= 15 is 0 Å². The van der Waals surface area contributed by atoms with Gasteiger partial charge in [-0.1, -0.05) is 6.07 Å². The molecule has 0 unspecified atom stereocenters. The summed E-state index contributed by atoms with van der Waals surface area (Å²) in [5.74, 6) is 1.04. The number of nitrogens with zero attached hydrogens (tertiary/aromatic N) is 3. The van der Waals surface area contributed by atoms with Crippen LogP contribution in [0.3, 0.4) is 0 Å². The highest BCUT2D eigenvalue weighted by atomic mass is 16.5. The molecule has 0 spiro atoms. The van der Waals surface area contributed by atoms with Gasteiger partial charge in [-0.2, -0.15) is 15.0 Å². The van der Waals surface area contributed by atoms with Crippen molar-refractivity contribution in [3.63, 3.8) is 0 Å². The summed E-state index contributed by atoms with van der Waals surface area (Å²) in [4.78, 5) is 23.1. The van der Waals surface area contributed by atoms with Crippen LogP contribution >= 0.6 is 0 Å². The van der Waals surface area contributed by atoms with Crippen LogP contribution in [-0.2, 0) is 22.6 Å². The minimum Gasteiger partial charge on any atom is -0.493 e. The Labute approximate surface area is 139 Å². The molecular formula is C15H19N5O4. The Morgan fingerprint density at radius 1 is 1.04 bits per heavy atom. The molecule has 0 bridgehead atoms.